The van der Waals surface area contributed by atoms with Crippen molar-refractivity contribution in [1.82, 2.24) is 0 Å². The molecule has 0 saturated heterocycles. The van der Waals surface area contributed by atoms with Gasteiger partial charge in [-0.05, 0) is 42.8 Å². The molecule has 0 aromatic heterocycles. The van der Waals surface area contributed by atoms with Crippen molar-refractivity contribution in [2.24, 2.45) is 0 Å². The Morgan fingerprint density at radius 2 is 1.88 bits per heavy atom. The molecule has 0 saturated carbocycles. The molecule has 2 aromatic carbocycles. The van der Waals surface area contributed by atoms with Gasteiger partial charge < -0.3 is 11.1 Å². The second-order valence-electron chi connectivity index (χ2n) is 3.80. The highest BCUT2D eigenvalue weighted by molar-refractivity contribution is 6.43. The molecule has 0 heterocycles. The molecule has 3 N–H and O–H groups in total. The normalized spacial score (nSPS) is 10.3. The summed E-state index contributed by atoms with van der Waals surface area (Å²) in [5, 5.41) is 4.26. The van der Waals surface area contributed by atoms with Gasteiger partial charge in [0, 0.05) is 11.4 Å². The van der Waals surface area contributed by atoms with E-state index in [-0.39, 0.29) is 0 Å². The molecule has 0 radical (unpaired) electrons. The van der Waals surface area contributed by atoms with Gasteiger partial charge in [-0.2, -0.15) is 0 Å². The minimum absolute atomic E-state index is 0.517. The Morgan fingerprint density at radius 3 is 2.59 bits per heavy atom. The molecule has 0 bridgehead atoms. The number of halogens is 2. The summed E-state index contributed by atoms with van der Waals surface area (Å²) in [4.78, 5) is 0. The van der Waals surface area contributed by atoms with Crippen LogP contribution in [-0.2, 0) is 0 Å². The van der Waals surface area contributed by atoms with Crippen LogP contribution in [0.5, 0.6) is 0 Å². The monoisotopic (exact) mass is 266 g/mol. The number of anilines is 3. The Kier molecular flexibility index (Phi) is 3.46. The molecule has 0 aliphatic heterocycles. The van der Waals surface area contributed by atoms with Crippen LogP contribution in [0.3, 0.4) is 0 Å². The third-order valence-corrected chi connectivity index (χ3v) is 3.32. The molecule has 2 rings (SSSR count). The van der Waals surface area contributed by atoms with Crippen molar-refractivity contribution in [2.45, 2.75) is 6.92 Å². The van der Waals surface area contributed by atoms with E-state index in [4.69, 9.17) is 28.9 Å². The van der Waals surface area contributed by atoms with E-state index < -0.39 is 0 Å². The van der Waals surface area contributed by atoms with E-state index in [0.29, 0.717) is 10.0 Å². The first-order chi connectivity index (χ1) is 8.08. The van der Waals surface area contributed by atoms with Gasteiger partial charge in [0.05, 0.1) is 15.7 Å². The smallest absolute Gasteiger partial charge is 0.0827 e. The lowest BCUT2D eigenvalue weighted by molar-refractivity contribution is 1.45. The van der Waals surface area contributed by atoms with Crippen LogP contribution in [0, 0.1) is 6.92 Å². The minimum atomic E-state index is 0.517. The van der Waals surface area contributed by atoms with Gasteiger partial charge in [-0.3, -0.25) is 0 Å². The molecule has 0 atom stereocenters. The molecule has 88 valence electrons. The Balaban J connectivity index is 2.31. The van der Waals surface area contributed by atoms with Crippen molar-refractivity contribution in [1.29, 1.82) is 0 Å². The lowest BCUT2D eigenvalue weighted by atomic mass is 10.2. The summed E-state index contributed by atoms with van der Waals surface area (Å²) in [5.41, 5.74) is 9.27. The van der Waals surface area contributed by atoms with Gasteiger partial charge in [-0.25, -0.2) is 0 Å². The van der Waals surface area contributed by atoms with Crippen LogP contribution in [0.1, 0.15) is 5.56 Å². The predicted octanol–water partition coefficient (Wildman–Crippen LogP) is 4.63. The van der Waals surface area contributed by atoms with Crippen molar-refractivity contribution < 1.29 is 0 Å². The van der Waals surface area contributed by atoms with E-state index in [1.807, 2.05) is 37.3 Å². The van der Waals surface area contributed by atoms with Crippen LogP contribution >= 0.6 is 23.2 Å². The molecule has 17 heavy (non-hydrogen) atoms. The number of hydrogen-bond acceptors (Lipinski definition) is 2. The van der Waals surface area contributed by atoms with Crippen molar-refractivity contribution in [3.8, 4) is 0 Å². The zero-order valence-electron chi connectivity index (χ0n) is 9.30. The molecule has 0 aliphatic rings. The zero-order valence-corrected chi connectivity index (χ0v) is 10.8. The van der Waals surface area contributed by atoms with E-state index in [2.05, 4.69) is 5.32 Å². The predicted molar refractivity (Wildman–Crippen MR) is 75.3 cm³/mol. The van der Waals surface area contributed by atoms with Crippen LogP contribution in [0.4, 0.5) is 17.1 Å². The summed E-state index contributed by atoms with van der Waals surface area (Å²) < 4.78 is 0. The average Bonchev–Trinajstić information content (AvgIpc) is 2.30. The molecule has 0 unspecified atom stereocenters. The number of aryl methyl sites for hydroxylation is 1. The number of nitrogens with two attached hydrogens (primary N) is 1. The van der Waals surface area contributed by atoms with Crippen molar-refractivity contribution in [2.75, 3.05) is 11.1 Å². The van der Waals surface area contributed by atoms with Gasteiger partial charge in [0.25, 0.3) is 0 Å². The minimum Gasteiger partial charge on any atom is -0.399 e. The van der Waals surface area contributed by atoms with E-state index in [0.717, 1.165) is 22.6 Å². The Morgan fingerprint density at radius 1 is 1.12 bits per heavy atom. The maximum absolute atomic E-state index is 6.10. The van der Waals surface area contributed by atoms with Gasteiger partial charge >= 0.3 is 0 Å². The van der Waals surface area contributed by atoms with Gasteiger partial charge in [-0.15, -0.1) is 0 Å². The van der Waals surface area contributed by atoms with E-state index in [1.54, 1.807) is 6.07 Å². The lowest BCUT2D eigenvalue weighted by Crippen LogP contribution is -1.94. The first-order valence-electron chi connectivity index (χ1n) is 5.15. The van der Waals surface area contributed by atoms with E-state index >= 15 is 0 Å². The van der Waals surface area contributed by atoms with Gasteiger partial charge in [0.2, 0.25) is 0 Å². The lowest BCUT2D eigenvalue weighted by Gasteiger charge is -2.10. The quantitative estimate of drug-likeness (QED) is 0.778. The van der Waals surface area contributed by atoms with Crippen LogP contribution in [0.25, 0.3) is 0 Å². The van der Waals surface area contributed by atoms with Crippen molar-refractivity contribution in [3.63, 3.8) is 0 Å². The second-order valence-corrected chi connectivity index (χ2v) is 4.58. The van der Waals surface area contributed by atoms with Crippen LogP contribution in [0.2, 0.25) is 10.0 Å². The summed E-state index contributed by atoms with van der Waals surface area (Å²) in [6, 6.07) is 11.2. The molecule has 0 fully saturated rings. The molecule has 4 heteroatoms. The highest BCUT2D eigenvalue weighted by Crippen LogP contribution is 2.32. The molecule has 2 aromatic rings. The maximum Gasteiger partial charge on any atom is 0.0827 e. The third-order valence-electron chi connectivity index (χ3n) is 2.50. The summed E-state index contributed by atoms with van der Waals surface area (Å²) >= 11 is 12.0. The fourth-order valence-electron chi connectivity index (χ4n) is 1.51. The molecular formula is C13H12Cl2N2. The molecular weight excluding hydrogens is 255 g/mol. The Labute approximate surface area is 110 Å². The van der Waals surface area contributed by atoms with Gasteiger partial charge in [0.15, 0.2) is 0 Å². The number of rotatable bonds is 2. The number of nitrogens with one attached hydrogen (secondary N) is 1. The SMILES string of the molecule is Cc1cc(Nc2cccc(Cl)c2Cl)ccc1N. The number of benzene rings is 2. The highest BCUT2D eigenvalue weighted by atomic mass is 35.5. The average molecular weight is 267 g/mol. The largest absolute Gasteiger partial charge is 0.399 e. The van der Waals surface area contributed by atoms with E-state index in [9.17, 15) is 0 Å². The summed E-state index contributed by atoms with van der Waals surface area (Å²) in [6.07, 6.45) is 0. The van der Waals surface area contributed by atoms with Crippen LogP contribution in [0.15, 0.2) is 36.4 Å². The van der Waals surface area contributed by atoms with Gasteiger partial charge in [-0.1, -0.05) is 29.3 Å². The van der Waals surface area contributed by atoms with E-state index in [1.165, 1.54) is 0 Å². The van der Waals surface area contributed by atoms with Gasteiger partial charge in [0.1, 0.15) is 0 Å². The fraction of sp³-hybridized carbons (Fsp3) is 0.0769. The number of nitrogen functional groups attached to an aromatic ring is 1. The topological polar surface area (TPSA) is 38.0 Å². The molecule has 0 aliphatic carbocycles. The summed E-state index contributed by atoms with van der Waals surface area (Å²) in [5.74, 6) is 0. The molecule has 0 amide bonds. The highest BCUT2D eigenvalue weighted by Gasteiger charge is 2.04. The first kappa shape index (κ1) is 12.1. The Hall–Kier alpha value is -1.38. The van der Waals surface area contributed by atoms with Crippen molar-refractivity contribution in [3.05, 3.63) is 52.0 Å². The summed E-state index contributed by atoms with van der Waals surface area (Å²) in [6.45, 7) is 1.96. The zero-order chi connectivity index (χ0) is 12.4. The maximum atomic E-state index is 6.10. The second kappa shape index (κ2) is 4.86. The van der Waals surface area contributed by atoms with Crippen molar-refractivity contribution >= 4 is 40.3 Å². The number of hydrogen-bond donors (Lipinski definition) is 2. The Bertz CT molecular complexity index is 553. The first-order valence-corrected chi connectivity index (χ1v) is 5.90. The standard InChI is InChI=1S/C13H12Cl2N2/c1-8-7-9(5-6-11(8)16)17-12-4-2-3-10(14)13(12)15/h2-7,17H,16H2,1H3. The van der Waals surface area contributed by atoms with Crippen LogP contribution < -0.4 is 11.1 Å². The fourth-order valence-corrected chi connectivity index (χ4v) is 1.86. The molecule has 2 nitrogen and oxygen atoms in total. The summed E-state index contributed by atoms with van der Waals surface area (Å²) in [7, 11) is 0. The third kappa shape index (κ3) is 2.65. The van der Waals surface area contributed by atoms with Crippen LogP contribution in [-0.4, -0.2) is 0 Å². The molecule has 0 spiro atoms.